The van der Waals surface area contributed by atoms with Gasteiger partial charge in [-0.05, 0) is 37.8 Å². The zero-order valence-corrected chi connectivity index (χ0v) is 13.3. The van der Waals surface area contributed by atoms with Gasteiger partial charge in [-0.1, -0.05) is 31.5 Å². The summed E-state index contributed by atoms with van der Waals surface area (Å²) in [6.07, 6.45) is 0. The fourth-order valence-corrected chi connectivity index (χ4v) is 3.74. The lowest BCUT2D eigenvalue weighted by Gasteiger charge is -2.08. The van der Waals surface area contributed by atoms with Crippen molar-refractivity contribution in [2.45, 2.75) is 40.5 Å². The van der Waals surface area contributed by atoms with E-state index in [0.29, 0.717) is 10.6 Å². The second-order valence-electron chi connectivity index (χ2n) is 5.47. The number of thiazole rings is 1. The van der Waals surface area contributed by atoms with Crippen LogP contribution in [0.5, 0.6) is 0 Å². The number of rotatable bonds is 3. The number of carbonyl (C=O) groups is 1. The number of carboxylic acids is 1. The van der Waals surface area contributed by atoms with E-state index in [-0.39, 0.29) is 5.92 Å². The van der Waals surface area contributed by atoms with Gasteiger partial charge in [0, 0.05) is 5.56 Å². The second-order valence-corrected chi connectivity index (χ2v) is 6.47. The molecule has 0 aliphatic heterocycles. The van der Waals surface area contributed by atoms with Crippen molar-refractivity contribution >= 4 is 17.3 Å². The molecule has 0 unspecified atom stereocenters. The molecule has 1 aromatic heterocycles. The van der Waals surface area contributed by atoms with Gasteiger partial charge in [0.25, 0.3) is 0 Å². The molecule has 2 aromatic rings. The topological polar surface area (TPSA) is 50.2 Å². The quantitative estimate of drug-likeness (QED) is 0.901. The molecule has 3 nitrogen and oxygen atoms in total. The number of aromatic nitrogens is 1. The van der Waals surface area contributed by atoms with Gasteiger partial charge >= 0.3 is 5.97 Å². The van der Waals surface area contributed by atoms with E-state index in [2.05, 4.69) is 24.0 Å². The first-order valence-corrected chi connectivity index (χ1v) is 7.45. The highest BCUT2D eigenvalue weighted by Gasteiger charge is 2.21. The molecule has 0 aliphatic carbocycles. The number of benzene rings is 1. The summed E-state index contributed by atoms with van der Waals surface area (Å²) in [6.45, 7) is 10.1. The lowest BCUT2D eigenvalue weighted by atomic mass is 10.0. The van der Waals surface area contributed by atoms with Crippen LogP contribution in [-0.4, -0.2) is 16.1 Å². The number of aromatic carboxylic acids is 1. The molecule has 2 rings (SSSR count). The van der Waals surface area contributed by atoms with Gasteiger partial charge in [0.05, 0.1) is 5.69 Å². The monoisotopic (exact) mass is 289 g/mol. The summed E-state index contributed by atoms with van der Waals surface area (Å²) in [6, 6.07) is 4.22. The van der Waals surface area contributed by atoms with Crippen LogP contribution in [0.3, 0.4) is 0 Å². The standard InChI is InChI=1S/C16H19NO2S/c1-8(2)13-14(16(18)19)20-15(17-13)12-10(4)6-9(3)7-11(12)5/h6-8H,1-5H3,(H,18,19). The number of carboxylic acid groups (broad SMARTS) is 1. The minimum atomic E-state index is -0.889. The molecule has 0 amide bonds. The van der Waals surface area contributed by atoms with E-state index in [9.17, 15) is 9.90 Å². The van der Waals surface area contributed by atoms with E-state index < -0.39 is 5.97 Å². The Morgan fingerprint density at radius 1 is 1.20 bits per heavy atom. The van der Waals surface area contributed by atoms with Crippen LogP contribution < -0.4 is 0 Å². The van der Waals surface area contributed by atoms with Gasteiger partial charge < -0.3 is 5.11 Å². The number of hydrogen-bond donors (Lipinski definition) is 1. The van der Waals surface area contributed by atoms with Crippen LogP contribution in [0.2, 0.25) is 0 Å². The molecule has 1 N–H and O–H groups in total. The molecule has 1 aromatic carbocycles. The summed E-state index contributed by atoms with van der Waals surface area (Å²) in [7, 11) is 0. The Bertz CT molecular complexity index is 648. The van der Waals surface area contributed by atoms with Crippen molar-refractivity contribution in [2.24, 2.45) is 0 Å². The van der Waals surface area contributed by atoms with Gasteiger partial charge in [0.15, 0.2) is 0 Å². The molecule has 0 saturated heterocycles. The molecule has 4 heteroatoms. The van der Waals surface area contributed by atoms with Gasteiger partial charge in [-0.25, -0.2) is 9.78 Å². The largest absolute Gasteiger partial charge is 0.477 e. The fraction of sp³-hybridized carbons (Fsp3) is 0.375. The summed E-state index contributed by atoms with van der Waals surface area (Å²) < 4.78 is 0. The van der Waals surface area contributed by atoms with Gasteiger partial charge in [-0.2, -0.15) is 0 Å². The van der Waals surface area contributed by atoms with Crippen LogP contribution in [0.25, 0.3) is 10.6 Å². The summed E-state index contributed by atoms with van der Waals surface area (Å²) in [5.74, 6) is -0.781. The lowest BCUT2D eigenvalue weighted by molar-refractivity contribution is 0.0700. The van der Waals surface area contributed by atoms with Crippen LogP contribution >= 0.6 is 11.3 Å². The Kier molecular flexibility index (Phi) is 3.95. The molecular formula is C16H19NO2S. The van der Waals surface area contributed by atoms with Crippen LogP contribution in [0.1, 0.15) is 51.8 Å². The maximum Gasteiger partial charge on any atom is 0.347 e. The molecule has 0 radical (unpaired) electrons. The SMILES string of the molecule is Cc1cc(C)c(-c2nc(C(C)C)c(C(=O)O)s2)c(C)c1. The Labute approximate surface area is 123 Å². The van der Waals surface area contributed by atoms with Crippen LogP contribution in [0.15, 0.2) is 12.1 Å². The molecule has 0 atom stereocenters. The summed E-state index contributed by atoms with van der Waals surface area (Å²) in [4.78, 5) is 16.3. The Morgan fingerprint density at radius 2 is 1.75 bits per heavy atom. The average Bonchev–Trinajstić information content (AvgIpc) is 2.72. The van der Waals surface area contributed by atoms with E-state index in [0.717, 1.165) is 21.7 Å². The predicted molar refractivity (Wildman–Crippen MR) is 82.8 cm³/mol. The van der Waals surface area contributed by atoms with Crippen molar-refractivity contribution in [1.82, 2.24) is 4.98 Å². The predicted octanol–water partition coefficient (Wildman–Crippen LogP) is 4.56. The highest BCUT2D eigenvalue weighted by molar-refractivity contribution is 7.17. The van der Waals surface area contributed by atoms with Crippen molar-refractivity contribution in [2.75, 3.05) is 0 Å². The summed E-state index contributed by atoms with van der Waals surface area (Å²) in [5.41, 5.74) is 5.24. The van der Waals surface area contributed by atoms with E-state index in [1.807, 2.05) is 27.7 Å². The third-order valence-corrected chi connectivity index (χ3v) is 4.36. The smallest absolute Gasteiger partial charge is 0.347 e. The minimum Gasteiger partial charge on any atom is -0.477 e. The fourth-order valence-electron chi connectivity index (χ4n) is 2.50. The first-order valence-electron chi connectivity index (χ1n) is 6.63. The third-order valence-electron chi connectivity index (χ3n) is 3.29. The first-order chi connectivity index (χ1) is 9.31. The summed E-state index contributed by atoms with van der Waals surface area (Å²) >= 11 is 1.27. The van der Waals surface area contributed by atoms with Crippen molar-refractivity contribution < 1.29 is 9.90 Å². The maximum atomic E-state index is 11.4. The van der Waals surface area contributed by atoms with E-state index in [4.69, 9.17) is 0 Å². The van der Waals surface area contributed by atoms with Crippen LogP contribution in [0, 0.1) is 20.8 Å². The number of hydrogen-bond acceptors (Lipinski definition) is 3. The lowest BCUT2D eigenvalue weighted by Crippen LogP contribution is -2.00. The zero-order valence-electron chi connectivity index (χ0n) is 12.4. The highest BCUT2D eigenvalue weighted by atomic mass is 32.1. The van der Waals surface area contributed by atoms with Gasteiger partial charge in [-0.15, -0.1) is 11.3 Å². The molecule has 0 fully saturated rings. The van der Waals surface area contributed by atoms with E-state index in [1.54, 1.807) is 0 Å². The number of nitrogens with zero attached hydrogens (tertiary/aromatic N) is 1. The van der Waals surface area contributed by atoms with Crippen LogP contribution in [-0.2, 0) is 0 Å². The first kappa shape index (κ1) is 14.7. The highest BCUT2D eigenvalue weighted by Crippen LogP contribution is 2.35. The van der Waals surface area contributed by atoms with E-state index in [1.165, 1.54) is 16.9 Å². The Hall–Kier alpha value is -1.68. The van der Waals surface area contributed by atoms with Gasteiger partial charge in [0.1, 0.15) is 9.88 Å². The Morgan fingerprint density at radius 3 is 2.15 bits per heavy atom. The van der Waals surface area contributed by atoms with Crippen molar-refractivity contribution in [3.8, 4) is 10.6 Å². The second kappa shape index (κ2) is 5.37. The minimum absolute atomic E-state index is 0.108. The molecular weight excluding hydrogens is 270 g/mol. The van der Waals surface area contributed by atoms with Crippen molar-refractivity contribution in [3.63, 3.8) is 0 Å². The average molecular weight is 289 g/mol. The maximum absolute atomic E-state index is 11.4. The van der Waals surface area contributed by atoms with Crippen molar-refractivity contribution in [1.29, 1.82) is 0 Å². The number of aryl methyl sites for hydroxylation is 3. The molecule has 106 valence electrons. The Balaban J connectivity index is 2.66. The van der Waals surface area contributed by atoms with Crippen molar-refractivity contribution in [3.05, 3.63) is 39.4 Å². The molecule has 0 bridgehead atoms. The molecule has 0 aliphatic rings. The molecule has 20 heavy (non-hydrogen) atoms. The summed E-state index contributed by atoms with van der Waals surface area (Å²) in [5, 5.41) is 10.1. The molecule has 1 heterocycles. The van der Waals surface area contributed by atoms with E-state index >= 15 is 0 Å². The molecule has 0 saturated carbocycles. The van der Waals surface area contributed by atoms with Gasteiger partial charge in [-0.3, -0.25) is 0 Å². The van der Waals surface area contributed by atoms with Gasteiger partial charge in [0.2, 0.25) is 0 Å². The third kappa shape index (κ3) is 2.61. The molecule has 0 spiro atoms. The normalized spacial score (nSPS) is 11.1. The zero-order chi connectivity index (χ0) is 15.0. The van der Waals surface area contributed by atoms with Crippen LogP contribution in [0.4, 0.5) is 0 Å².